The minimum Gasteiger partial charge on any atom is -0.451 e. The Morgan fingerprint density at radius 3 is 2.91 bits per heavy atom. The first-order valence-corrected chi connectivity index (χ1v) is 8.86. The van der Waals surface area contributed by atoms with Gasteiger partial charge in [0.25, 0.3) is 5.91 Å². The number of hydrogen-bond donors (Lipinski definition) is 1. The van der Waals surface area contributed by atoms with Crippen molar-refractivity contribution in [1.29, 1.82) is 0 Å². The lowest BCUT2D eigenvalue weighted by molar-refractivity contribution is 0.0719. The normalized spacial score (nSPS) is 19.0. The van der Waals surface area contributed by atoms with E-state index in [0.29, 0.717) is 18.5 Å². The van der Waals surface area contributed by atoms with E-state index < -0.39 is 10.0 Å². The van der Waals surface area contributed by atoms with E-state index in [9.17, 15) is 13.2 Å². The third-order valence-electron chi connectivity index (χ3n) is 4.00. The summed E-state index contributed by atoms with van der Waals surface area (Å²) in [6, 6.07) is 8.81. The number of likely N-dealkylation sites (tertiary alicyclic amines) is 1. The summed E-state index contributed by atoms with van der Waals surface area (Å²) in [5, 5.41) is 0.865. The van der Waals surface area contributed by atoms with E-state index in [1.807, 2.05) is 18.2 Å². The minimum absolute atomic E-state index is 0.0739. The highest BCUT2D eigenvalue weighted by Crippen LogP contribution is 2.25. The second-order valence-electron chi connectivity index (χ2n) is 5.43. The predicted octanol–water partition coefficient (Wildman–Crippen LogP) is 1.59. The van der Waals surface area contributed by atoms with E-state index in [1.54, 1.807) is 17.0 Å². The van der Waals surface area contributed by atoms with Crippen molar-refractivity contribution in [1.82, 2.24) is 9.62 Å². The Morgan fingerprint density at radius 2 is 2.18 bits per heavy atom. The average molecular weight is 322 g/mol. The SMILES string of the molecule is CNS(=O)(=O)CC1CCCN1C(=O)c1cc2ccccc2o1. The first-order valence-electron chi connectivity index (χ1n) is 7.21. The summed E-state index contributed by atoms with van der Waals surface area (Å²) in [6.45, 7) is 0.555. The Bertz CT molecular complexity index is 764. The van der Waals surface area contributed by atoms with Crippen LogP contribution in [-0.2, 0) is 10.0 Å². The molecule has 1 amide bonds. The van der Waals surface area contributed by atoms with Crippen LogP contribution < -0.4 is 4.72 Å². The average Bonchev–Trinajstić information content (AvgIpc) is 3.12. The van der Waals surface area contributed by atoms with E-state index in [1.165, 1.54) is 7.05 Å². The number of para-hydroxylation sites is 1. The van der Waals surface area contributed by atoms with Crippen LogP contribution in [0.3, 0.4) is 0 Å². The molecule has 2 aromatic rings. The Balaban J connectivity index is 1.84. The molecule has 6 nitrogen and oxygen atoms in total. The molecule has 1 saturated heterocycles. The molecule has 1 N–H and O–H groups in total. The highest BCUT2D eigenvalue weighted by atomic mass is 32.2. The number of hydrogen-bond acceptors (Lipinski definition) is 4. The van der Waals surface area contributed by atoms with E-state index in [-0.39, 0.29) is 23.5 Å². The summed E-state index contributed by atoms with van der Waals surface area (Å²) in [7, 11) is -1.97. The van der Waals surface area contributed by atoms with Crippen LogP contribution >= 0.6 is 0 Å². The molecule has 1 aromatic heterocycles. The van der Waals surface area contributed by atoms with Gasteiger partial charge in [0.1, 0.15) is 5.58 Å². The zero-order valence-electron chi connectivity index (χ0n) is 12.3. The Hall–Kier alpha value is -1.86. The minimum atomic E-state index is -3.35. The smallest absolute Gasteiger partial charge is 0.289 e. The lowest BCUT2D eigenvalue weighted by Gasteiger charge is -2.23. The lowest BCUT2D eigenvalue weighted by atomic mass is 10.2. The molecule has 0 radical (unpaired) electrons. The first kappa shape index (κ1) is 15.1. The number of furan rings is 1. The number of sulfonamides is 1. The summed E-state index contributed by atoms with van der Waals surface area (Å²) >= 11 is 0. The van der Waals surface area contributed by atoms with Gasteiger partial charge in [-0.05, 0) is 32.0 Å². The van der Waals surface area contributed by atoms with E-state index >= 15 is 0 Å². The van der Waals surface area contributed by atoms with Gasteiger partial charge in [-0.25, -0.2) is 13.1 Å². The zero-order chi connectivity index (χ0) is 15.7. The highest BCUT2D eigenvalue weighted by Gasteiger charge is 2.33. The van der Waals surface area contributed by atoms with Crippen LogP contribution in [0.15, 0.2) is 34.7 Å². The maximum Gasteiger partial charge on any atom is 0.289 e. The quantitative estimate of drug-likeness (QED) is 0.927. The van der Waals surface area contributed by atoms with Crippen molar-refractivity contribution in [2.24, 2.45) is 0 Å². The Morgan fingerprint density at radius 1 is 1.41 bits per heavy atom. The molecule has 1 atom stereocenters. The van der Waals surface area contributed by atoms with Crippen LogP contribution in [-0.4, -0.2) is 44.6 Å². The molecule has 0 saturated carbocycles. The van der Waals surface area contributed by atoms with Gasteiger partial charge in [0.05, 0.1) is 5.75 Å². The molecule has 1 aliphatic rings. The van der Waals surface area contributed by atoms with Gasteiger partial charge >= 0.3 is 0 Å². The predicted molar refractivity (Wildman–Crippen MR) is 83.1 cm³/mol. The summed E-state index contributed by atoms with van der Waals surface area (Å²) in [6.07, 6.45) is 1.49. The number of carbonyl (C=O) groups is 1. The topological polar surface area (TPSA) is 79.6 Å². The molecule has 1 unspecified atom stereocenters. The standard InChI is InChI=1S/C15H18N2O4S/c1-16-22(19,20)10-12-6-4-8-17(12)15(18)14-9-11-5-2-3-7-13(11)21-14/h2-3,5,7,9,12,16H,4,6,8,10H2,1H3. The Kier molecular flexibility index (Phi) is 3.92. The fraction of sp³-hybridized carbons (Fsp3) is 0.400. The number of nitrogens with zero attached hydrogens (tertiary/aromatic N) is 1. The molecular weight excluding hydrogens is 304 g/mol. The molecule has 3 rings (SSSR count). The summed E-state index contributed by atoms with van der Waals surface area (Å²) in [5.74, 6) is -0.0601. The number of rotatable bonds is 4. The van der Waals surface area contributed by atoms with E-state index in [0.717, 1.165) is 11.8 Å². The molecule has 1 fully saturated rings. The molecule has 0 spiro atoms. The van der Waals surface area contributed by atoms with E-state index in [2.05, 4.69) is 4.72 Å². The van der Waals surface area contributed by atoms with Gasteiger partial charge in [-0.3, -0.25) is 4.79 Å². The van der Waals surface area contributed by atoms with Crippen molar-refractivity contribution in [3.05, 3.63) is 36.1 Å². The number of nitrogens with one attached hydrogen (secondary N) is 1. The molecule has 118 valence electrons. The van der Waals surface area contributed by atoms with E-state index in [4.69, 9.17) is 4.42 Å². The van der Waals surface area contributed by atoms with Crippen molar-refractivity contribution in [2.45, 2.75) is 18.9 Å². The molecular formula is C15H18N2O4S. The van der Waals surface area contributed by atoms with Gasteiger partial charge in [0.2, 0.25) is 10.0 Å². The van der Waals surface area contributed by atoms with Gasteiger partial charge in [-0.15, -0.1) is 0 Å². The first-order chi connectivity index (χ1) is 10.5. The molecule has 1 aromatic carbocycles. The zero-order valence-corrected chi connectivity index (χ0v) is 13.1. The van der Waals surface area contributed by atoms with Crippen LogP contribution in [0.4, 0.5) is 0 Å². The third-order valence-corrected chi connectivity index (χ3v) is 5.44. The Labute approximate surface area is 129 Å². The van der Waals surface area contributed by atoms with Gasteiger partial charge in [-0.1, -0.05) is 18.2 Å². The van der Waals surface area contributed by atoms with Gasteiger partial charge in [0.15, 0.2) is 5.76 Å². The summed E-state index contributed by atoms with van der Waals surface area (Å²) in [4.78, 5) is 14.2. The maximum atomic E-state index is 12.6. The maximum absolute atomic E-state index is 12.6. The monoisotopic (exact) mass is 322 g/mol. The van der Waals surface area contributed by atoms with Crippen LogP contribution in [0, 0.1) is 0 Å². The van der Waals surface area contributed by atoms with Crippen molar-refractivity contribution < 1.29 is 17.6 Å². The molecule has 7 heteroatoms. The number of amides is 1. The molecule has 2 heterocycles. The fourth-order valence-corrected chi connectivity index (χ4v) is 3.86. The van der Waals surface area contributed by atoms with Crippen LogP contribution in [0.1, 0.15) is 23.4 Å². The summed E-state index contributed by atoms with van der Waals surface area (Å²) in [5.41, 5.74) is 0.657. The van der Waals surface area contributed by atoms with Gasteiger partial charge < -0.3 is 9.32 Å². The second-order valence-corrected chi connectivity index (χ2v) is 7.40. The second kappa shape index (κ2) is 5.73. The van der Waals surface area contributed by atoms with Crippen molar-refractivity contribution in [3.63, 3.8) is 0 Å². The number of fused-ring (bicyclic) bond motifs is 1. The van der Waals surface area contributed by atoms with Gasteiger partial charge in [-0.2, -0.15) is 0 Å². The number of benzene rings is 1. The van der Waals surface area contributed by atoms with Crippen molar-refractivity contribution >= 4 is 26.9 Å². The van der Waals surface area contributed by atoms with Gasteiger partial charge in [0, 0.05) is 18.0 Å². The fourth-order valence-electron chi connectivity index (χ4n) is 2.84. The van der Waals surface area contributed by atoms with Crippen LogP contribution in [0.25, 0.3) is 11.0 Å². The molecule has 0 bridgehead atoms. The largest absolute Gasteiger partial charge is 0.451 e. The highest BCUT2D eigenvalue weighted by molar-refractivity contribution is 7.89. The van der Waals surface area contributed by atoms with Crippen molar-refractivity contribution in [2.75, 3.05) is 19.3 Å². The number of carbonyl (C=O) groups excluding carboxylic acids is 1. The molecule has 1 aliphatic heterocycles. The van der Waals surface area contributed by atoms with Crippen molar-refractivity contribution in [3.8, 4) is 0 Å². The van der Waals surface area contributed by atoms with Crippen LogP contribution in [0.2, 0.25) is 0 Å². The molecule has 0 aliphatic carbocycles. The summed E-state index contributed by atoms with van der Waals surface area (Å²) < 4.78 is 31.3. The molecule has 22 heavy (non-hydrogen) atoms. The third kappa shape index (κ3) is 2.86. The lowest BCUT2D eigenvalue weighted by Crippen LogP contribution is -2.41. The van der Waals surface area contributed by atoms with Crippen LogP contribution in [0.5, 0.6) is 0 Å².